The van der Waals surface area contributed by atoms with E-state index in [1.807, 2.05) is 12.1 Å². The van der Waals surface area contributed by atoms with Gasteiger partial charge in [-0.15, -0.1) is 0 Å². The summed E-state index contributed by atoms with van der Waals surface area (Å²) >= 11 is 0. The number of rotatable bonds is 4. The third-order valence-electron chi connectivity index (χ3n) is 2.63. The number of benzene rings is 1. The highest BCUT2D eigenvalue weighted by Gasteiger charge is 2.10. The smallest absolute Gasteiger partial charge is 0.321 e. The molecule has 0 fully saturated rings. The van der Waals surface area contributed by atoms with Gasteiger partial charge in [0.05, 0.1) is 6.10 Å². The summed E-state index contributed by atoms with van der Waals surface area (Å²) in [4.78, 5) is 13.5. The maximum Gasteiger partial charge on any atom is 0.321 e. The Kier molecular flexibility index (Phi) is 5.16. The zero-order chi connectivity index (χ0) is 13.7. The van der Waals surface area contributed by atoms with E-state index in [2.05, 4.69) is 19.2 Å². The summed E-state index contributed by atoms with van der Waals surface area (Å²) < 4.78 is 0. The van der Waals surface area contributed by atoms with Crippen molar-refractivity contribution in [3.63, 3.8) is 0 Å². The fourth-order valence-electron chi connectivity index (χ4n) is 1.69. The second-order valence-electron chi connectivity index (χ2n) is 5.00. The van der Waals surface area contributed by atoms with Crippen LogP contribution in [0.4, 0.5) is 10.5 Å². The van der Waals surface area contributed by atoms with Crippen LogP contribution >= 0.6 is 0 Å². The van der Waals surface area contributed by atoms with Crippen LogP contribution in [0.15, 0.2) is 24.3 Å². The number of amides is 2. The number of anilines is 1. The number of carbonyl (C=O) groups excluding carboxylic acids is 1. The van der Waals surface area contributed by atoms with E-state index in [0.29, 0.717) is 5.92 Å². The first kappa shape index (κ1) is 14.5. The lowest BCUT2D eigenvalue weighted by molar-refractivity contribution is 0.199. The van der Waals surface area contributed by atoms with E-state index in [-0.39, 0.29) is 6.03 Å². The van der Waals surface area contributed by atoms with E-state index >= 15 is 0 Å². The molecule has 1 unspecified atom stereocenters. The van der Waals surface area contributed by atoms with Crippen molar-refractivity contribution in [2.24, 2.45) is 5.92 Å². The van der Waals surface area contributed by atoms with Gasteiger partial charge in [-0.05, 0) is 30.5 Å². The maximum atomic E-state index is 11.8. The first-order valence-electron chi connectivity index (χ1n) is 6.20. The highest BCUT2D eigenvalue weighted by Crippen LogP contribution is 2.15. The number of carbonyl (C=O) groups is 1. The van der Waals surface area contributed by atoms with E-state index in [1.165, 1.54) is 0 Å². The molecule has 4 nitrogen and oxygen atoms in total. The Morgan fingerprint density at radius 1 is 1.28 bits per heavy atom. The third-order valence-corrected chi connectivity index (χ3v) is 2.63. The van der Waals surface area contributed by atoms with Gasteiger partial charge in [-0.3, -0.25) is 0 Å². The molecule has 1 atom stereocenters. The van der Waals surface area contributed by atoms with Crippen LogP contribution in [0.5, 0.6) is 0 Å². The Morgan fingerprint density at radius 2 is 1.83 bits per heavy atom. The topological polar surface area (TPSA) is 52.6 Å². The SMILES string of the molecule is CC(C)CN(C)C(=O)Nc1ccc(C(C)O)cc1. The van der Waals surface area contributed by atoms with E-state index in [9.17, 15) is 9.90 Å². The van der Waals surface area contributed by atoms with Crippen LogP contribution in [-0.2, 0) is 0 Å². The molecule has 100 valence electrons. The van der Waals surface area contributed by atoms with E-state index in [1.54, 1.807) is 31.0 Å². The first-order valence-corrected chi connectivity index (χ1v) is 6.20. The summed E-state index contributed by atoms with van der Waals surface area (Å²) in [5.41, 5.74) is 1.57. The van der Waals surface area contributed by atoms with Gasteiger partial charge in [-0.1, -0.05) is 26.0 Å². The molecule has 1 aromatic rings. The normalized spacial score (nSPS) is 12.3. The Morgan fingerprint density at radius 3 is 2.28 bits per heavy atom. The summed E-state index contributed by atoms with van der Waals surface area (Å²) in [6.07, 6.45) is -0.488. The molecule has 1 aromatic carbocycles. The fourth-order valence-corrected chi connectivity index (χ4v) is 1.69. The summed E-state index contributed by atoms with van der Waals surface area (Å²) in [6.45, 7) is 6.57. The van der Waals surface area contributed by atoms with Crippen LogP contribution in [0.25, 0.3) is 0 Å². The monoisotopic (exact) mass is 250 g/mol. The molecule has 0 aliphatic carbocycles. The van der Waals surface area contributed by atoms with Crippen LogP contribution in [0.2, 0.25) is 0 Å². The molecule has 0 saturated heterocycles. The van der Waals surface area contributed by atoms with Crippen LogP contribution in [0.3, 0.4) is 0 Å². The zero-order valence-corrected chi connectivity index (χ0v) is 11.5. The van der Waals surface area contributed by atoms with E-state index < -0.39 is 6.10 Å². The molecular weight excluding hydrogens is 228 g/mol. The lowest BCUT2D eigenvalue weighted by atomic mass is 10.1. The van der Waals surface area contributed by atoms with Crippen LogP contribution in [-0.4, -0.2) is 29.6 Å². The maximum absolute atomic E-state index is 11.8. The van der Waals surface area contributed by atoms with Crippen molar-refractivity contribution >= 4 is 11.7 Å². The average Bonchev–Trinajstić information content (AvgIpc) is 2.28. The van der Waals surface area contributed by atoms with Crippen LogP contribution < -0.4 is 5.32 Å². The molecule has 0 bridgehead atoms. The minimum atomic E-state index is -0.488. The zero-order valence-electron chi connectivity index (χ0n) is 11.5. The van der Waals surface area contributed by atoms with Crippen molar-refractivity contribution in [2.45, 2.75) is 26.9 Å². The lowest BCUT2D eigenvalue weighted by Crippen LogP contribution is -2.34. The first-order chi connectivity index (χ1) is 8.40. The average molecular weight is 250 g/mol. The number of aliphatic hydroxyl groups is 1. The van der Waals surface area contributed by atoms with Crippen molar-refractivity contribution in [3.05, 3.63) is 29.8 Å². The molecule has 0 spiro atoms. The van der Waals surface area contributed by atoms with Gasteiger partial charge in [0.2, 0.25) is 0 Å². The molecular formula is C14H22N2O2. The van der Waals surface area contributed by atoms with Gasteiger partial charge in [0, 0.05) is 19.3 Å². The molecule has 2 amide bonds. The third kappa shape index (κ3) is 4.37. The van der Waals surface area contributed by atoms with Crippen LogP contribution in [0, 0.1) is 5.92 Å². The van der Waals surface area contributed by atoms with Crippen LogP contribution in [0.1, 0.15) is 32.4 Å². The molecule has 0 heterocycles. The van der Waals surface area contributed by atoms with E-state index in [0.717, 1.165) is 17.8 Å². The summed E-state index contributed by atoms with van der Waals surface area (Å²) in [7, 11) is 1.78. The molecule has 4 heteroatoms. The van der Waals surface area contributed by atoms with Crippen molar-refractivity contribution in [3.8, 4) is 0 Å². The molecule has 0 aliphatic heterocycles. The van der Waals surface area contributed by atoms with Crippen molar-refractivity contribution in [1.82, 2.24) is 4.90 Å². The number of aliphatic hydroxyl groups excluding tert-OH is 1. The predicted molar refractivity (Wildman–Crippen MR) is 73.6 cm³/mol. The van der Waals surface area contributed by atoms with Gasteiger partial charge in [0.25, 0.3) is 0 Å². The number of urea groups is 1. The Bertz CT molecular complexity index is 385. The van der Waals surface area contributed by atoms with Gasteiger partial charge in [-0.25, -0.2) is 4.79 Å². The van der Waals surface area contributed by atoms with Gasteiger partial charge in [0.15, 0.2) is 0 Å². The van der Waals surface area contributed by atoms with Gasteiger partial charge >= 0.3 is 6.03 Å². The standard InChI is InChI=1S/C14H22N2O2/c1-10(2)9-16(4)14(18)15-13-7-5-12(6-8-13)11(3)17/h5-8,10-11,17H,9H2,1-4H3,(H,15,18). The predicted octanol–water partition coefficient (Wildman–Crippen LogP) is 2.86. The summed E-state index contributed by atoms with van der Waals surface area (Å²) in [5, 5.41) is 12.2. The second kappa shape index (κ2) is 6.40. The van der Waals surface area contributed by atoms with Crippen molar-refractivity contribution < 1.29 is 9.90 Å². The summed E-state index contributed by atoms with van der Waals surface area (Å²) in [5.74, 6) is 0.443. The largest absolute Gasteiger partial charge is 0.389 e. The minimum absolute atomic E-state index is 0.117. The molecule has 0 saturated carbocycles. The number of nitrogens with one attached hydrogen (secondary N) is 1. The van der Waals surface area contributed by atoms with Crippen molar-refractivity contribution in [1.29, 1.82) is 0 Å². The molecule has 0 aromatic heterocycles. The van der Waals surface area contributed by atoms with Gasteiger partial charge < -0.3 is 15.3 Å². The number of nitrogens with zero attached hydrogens (tertiary/aromatic N) is 1. The Labute approximate surface area is 109 Å². The molecule has 2 N–H and O–H groups in total. The van der Waals surface area contributed by atoms with E-state index in [4.69, 9.17) is 0 Å². The fraction of sp³-hybridized carbons (Fsp3) is 0.500. The van der Waals surface area contributed by atoms with Gasteiger partial charge in [-0.2, -0.15) is 0 Å². The summed E-state index contributed by atoms with van der Waals surface area (Å²) in [6, 6.07) is 7.09. The van der Waals surface area contributed by atoms with Gasteiger partial charge in [0.1, 0.15) is 0 Å². The highest BCUT2D eigenvalue weighted by molar-refractivity contribution is 5.89. The quantitative estimate of drug-likeness (QED) is 0.863. The molecule has 18 heavy (non-hydrogen) atoms. The number of hydrogen-bond acceptors (Lipinski definition) is 2. The lowest BCUT2D eigenvalue weighted by Gasteiger charge is -2.20. The highest BCUT2D eigenvalue weighted by atomic mass is 16.3. The number of hydrogen-bond donors (Lipinski definition) is 2. The molecule has 0 radical (unpaired) electrons. The minimum Gasteiger partial charge on any atom is -0.389 e. The molecule has 0 aliphatic rings. The van der Waals surface area contributed by atoms with Crippen molar-refractivity contribution in [2.75, 3.05) is 18.9 Å². The second-order valence-corrected chi connectivity index (χ2v) is 5.00. The Hall–Kier alpha value is -1.55. The Balaban J connectivity index is 2.59. The molecule has 1 rings (SSSR count).